The van der Waals surface area contributed by atoms with Gasteiger partial charge in [-0.15, -0.1) is 0 Å². The molecule has 38 heavy (non-hydrogen) atoms. The molecule has 0 bridgehead atoms. The summed E-state index contributed by atoms with van der Waals surface area (Å²) in [6.45, 7) is 3.22. The smallest absolute Gasteiger partial charge is 0.307 e. The molecule has 4 rings (SSSR count). The van der Waals surface area contributed by atoms with E-state index in [0.29, 0.717) is 11.3 Å². The van der Waals surface area contributed by atoms with Gasteiger partial charge in [0.05, 0.1) is 19.2 Å². The van der Waals surface area contributed by atoms with Gasteiger partial charge in [0.1, 0.15) is 10.6 Å². The zero-order valence-corrected chi connectivity index (χ0v) is 22.3. The zero-order chi connectivity index (χ0) is 27.6. The lowest BCUT2D eigenvalue weighted by Crippen LogP contribution is -2.37. The molecule has 3 aromatic rings. The number of amides is 1. The normalized spacial score (nSPS) is 12.3. The summed E-state index contributed by atoms with van der Waals surface area (Å²) in [5.74, 6) is -0.998. The molecule has 0 spiro atoms. The second-order valence-electron chi connectivity index (χ2n) is 8.64. The highest BCUT2D eigenvalue weighted by Crippen LogP contribution is 2.45. The van der Waals surface area contributed by atoms with E-state index in [2.05, 4.69) is 5.32 Å². The Morgan fingerprint density at radius 3 is 2.45 bits per heavy atom. The minimum absolute atomic E-state index is 0.106. The van der Waals surface area contributed by atoms with Crippen LogP contribution < -0.4 is 23.8 Å². The molecule has 0 aromatic heterocycles. The van der Waals surface area contributed by atoms with E-state index in [1.165, 1.54) is 37.4 Å². The van der Waals surface area contributed by atoms with Gasteiger partial charge in [0.25, 0.3) is 15.9 Å². The second-order valence-corrected chi connectivity index (χ2v) is 10.9. The number of carbonyl (C=O) groups is 2. The number of carbonyl (C=O) groups excluding carboxylic acids is 1. The fraction of sp³-hybridized carbons (Fsp3) is 0.231. The van der Waals surface area contributed by atoms with Gasteiger partial charge in [0.15, 0.2) is 11.5 Å². The Morgan fingerprint density at radius 1 is 1.11 bits per heavy atom. The van der Waals surface area contributed by atoms with Crippen LogP contribution in [0.4, 0.5) is 11.4 Å². The van der Waals surface area contributed by atoms with Crippen molar-refractivity contribution < 1.29 is 37.3 Å². The van der Waals surface area contributed by atoms with E-state index in [0.717, 1.165) is 4.31 Å². The standard InChI is InChI=1S/C26H25ClN2O8S/c1-15(2)29(38(33,34)23-13-18(27)6-9-21(23)35-3)20-11-17(12-22-25(20)37-14-36-22)26(32)28-19-7-4-16(5-8-19)10-24(30)31/h4-9,11-13,15H,10,14H2,1-3H3,(H,28,32)(H,30,31). The summed E-state index contributed by atoms with van der Waals surface area (Å²) < 4.78 is 45.4. The Hall–Kier alpha value is -3.96. The Labute approximate surface area is 224 Å². The monoisotopic (exact) mass is 560 g/mol. The quantitative estimate of drug-likeness (QED) is 0.389. The lowest BCUT2D eigenvalue weighted by molar-refractivity contribution is -0.136. The lowest BCUT2D eigenvalue weighted by Gasteiger charge is -2.30. The molecular weight excluding hydrogens is 536 g/mol. The van der Waals surface area contributed by atoms with E-state index < -0.39 is 27.9 Å². The van der Waals surface area contributed by atoms with Crippen molar-refractivity contribution in [1.82, 2.24) is 0 Å². The fourth-order valence-corrected chi connectivity index (χ4v) is 6.09. The van der Waals surface area contributed by atoms with Crippen molar-refractivity contribution in [2.24, 2.45) is 0 Å². The Bertz CT molecular complexity index is 1490. The topological polar surface area (TPSA) is 131 Å². The predicted molar refractivity (Wildman–Crippen MR) is 141 cm³/mol. The van der Waals surface area contributed by atoms with Crippen molar-refractivity contribution in [3.63, 3.8) is 0 Å². The number of nitrogens with zero attached hydrogens (tertiary/aromatic N) is 1. The van der Waals surface area contributed by atoms with E-state index in [1.54, 1.807) is 38.1 Å². The number of sulfonamides is 1. The average molecular weight is 561 g/mol. The maximum absolute atomic E-state index is 13.9. The van der Waals surface area contributed by atoms with Crippen LogP contribution in [0.25, 0.3) is 0 Å². The van der Waals surface area contributed by atoms with E-state index in [-0.39, 0.29) is 51.6 Å². The molecule has 10 nitrogen and oxygen atoms in total. The van der Waals surface area contributed by atoms with Gasteiger partial charge in [-0.05, 0) is 61.9 Å². The summed E-state index contributed by atoms with van der Waals surface area (Å²) in [7, 11) is -2.89. The number of nitrogens with one attached hydrogen (secondary N) is 1. The second kappa shape index (κ2) is 10.8. The Balaban J connectivity index is 1.75. The molecule has 0 radical (unpaired) electrons. The molecule has 1 heterocycles. The number of methoxy groups -OCH3 is 1. The molecule has 1 aliphatic rings. The minimum atomic E-state index is -4.25. The van der Waals surface area contributed by atoms with Crippen molar-refractivity contribution in [1.29, 1.82) is 0 Å². The minimum Gasteiger partial charge on any atom is -0.495 e. The summed E-state index contributed by atoms with van der Waals surface area (Å²) >= 11 is 6.12. The third kappa shape index (κ3) is 5.48. The average Bonchev–Trinajstić information content (AvgIpc) is 3.33. The van der Waals surface area contributed by atoms with Crippen LogP contribution in [-0.4, -0.2) is 45.3 Å². The van der Waals surface area contributed by atoms with Gasteiger partial charge in [0.2, 0.25) is 6.79 Å². The van der Waals surface area contributed by atoms with Crippen LogP contribution in [0.3, 0.4) is 0 Å². The van der Waals surface area contributed by atoms with Crippen molar-refractivity contribution in [2.75, 3.05) is 23.5 Å². The van der Waals surface area contributed by atoms with Gasteiger partial charge < -0.3 is 24.6 Å². The number of hydrogen-bond acceptors (Lipinski definition) is 7. The molecule has 200 valence electrons. The number of halogens is 1. The van der Waals surface area contributed by atoms with Gasteiger partial charge in [-0.25, -0.2) is 8.42 Å². The van der Waals surface area contributed by atoms with Crippen molar-refractivity contribution in [3.05, 3.63) is 70.7 Å². The molecule has 3 aromatic carbocycles. The van der Waals surface area contributed by atoms with Gasteiger partial charge in [-0.3, -0.25) is 13.9 Å². The summed E-state index contributed by atoms with van der Waals surface area (Å²) in [4.78, 5) is 23.9. The largest absolute Gasteiger partial charge is 0.495 e. The molecule has 12 heteroatoms. The van der Waals surface area contributed by atoms with Crippen molar-refractivity contribution in [3.8, 4) is 17.2 Å². The molecule has 0 saturated carbocycles. The number of fused-ring (bicyclic) bond motifs is 1. The molecule has 2 N–H and O–H groups in total. The SMILES string of the molecule is COc1ccc(Cl)cc1S(=O)(=O)N(c1cc(C(=O)Nc2ccc(CC(=O)O)cc2)cc2c1OCO2)C(C)C. The number of carboxylic acid groups (broad SMARTS) is 1. The summed E-state index contributed by atoms with van der Waals surface area (Å²) in [6.07, 6.45) is -0.142. The Kier molecular flexibility index (Phi) is 7.70. The first kappa shape index (κ1) is 27.1. The highest BCUT2D eigenvalue weighted by molar-refractivity contribution is 7.93. The summed E-state index contributed by atoms with van der Waals surface area (Å²) in [5, 5.41) is 11.9. The molecule has 0 atom stereocenters. The number of hydrogen-bond donors (Lipinski definition) is 2. The van der Waals surface area contributed by atoms with Crippen molar-refractivity contribution >= 4 is 44.9 Å². The van der Waals surface area contributed by atoms with Gasteiger partial charge in [-0.2, -0.15) is 0 Å². The predicted octanol–water partition coefficient (Wildman–Crippen LogP) is 4.56. The van der Waals surface area contributed by atoms with Gasteiger partial charge >= 0.3 is 5.97 Å². The van der Waals surface area contributed by atoms with Crippen LogP contribution in [0.2, 0.25) is 5.02 Å². The number of carboxylic acids is 1. The van der Waals surface area contributed by atoms with Crippen LogP contribution in [0, 0.1) is 0 Å². The number of aliphatic carboxylic acids is 1. The number of ether oxygens (including phenoxy) is 3. The van der Waals surface area contributed by atoms with E-state index >= 15 is 0 Å². The maximum atomic E-state index is 13.9. The molecule has 0 fully saturated rings. The van der Waals surface area contributed by atoms with Crippen LogP contribution in [-0.2, 0) is 21.2 Å². The summed E-state index contributed by atoms with van der Waals surface area (Å²) in [5.41, 5.74) is 1.24. The van der Waals surface area contributed by atoms with Crippen LogP contribution in [0.5, 0.6) is 17.2 Å². The third-order valence-corrected chi connectivity index (χ3v) is 7.90. The highest BCUT2D eigenvalue weighted by atomic mass is 35.5. The highest BCUT2D eigenvalue weighted by Gasteiger charge is 2.35. The number of rotatable bonds is 9. The van der Waals surface area contributed by atoms with Crippen LogP contribution >= 0.6 is 11.6 Å². The fourth-order valence-electron chi connectivity index (χ4n) is 4.01. The van der Waals surface area contributed by atoms with E-state index in [9.17, 15) is 18.0 Å². The van der Waals surface area contributed by atoms with E-state index in [4.69, 9.17) is 30.9 Å². The van der Waals surface area contributed by atoms with Crippen LogP contribution in [0.1, 0.15) is 29.8 Å². The summed E-state index contributed by atoms with van der Waals surface area (Å²) in [6, 6.07) is 12.9. The van der Waals surface area contributed by atoms with E-state index in [1.807, 2.05) is 0 Å². The molecule has 0 saturated heterocycles. The molecule has 1 aliphatic heterocycles. The Morgan fingerprint density at radius 2 is 1.82 bits per heavy atom. The maximum Gasteiger partial charge on any atom is 0.307 e. The molecule has 1 amide bonds. The number of anilines is 2. The van der Waals surface area contributed by atoms with Gasteiger partial charge in [0, 0.05) is 22.3 Å². The lowest BCUT2D eigenvalue weighted by atomic mass is 10.1. The van der Waals surface area contributed by atoms with Crippen LogP contribution in [0.15, 0.2) is 59.5 Å². The van der Waals surface area contributed by atoms with Crippen molar-refractivity contribution in [2.45, 2.75) is 31.2 Å². The number of benzene rings is 3. The molecular formula is C26H25ClN2O8S. The molecule has 0 unspecified atom stereocenters. The first-order valence-electron chi connectivity index (χ1n) is 11.4. The third-order valence-electron chi connectivity index (χ3n) is 5.65. The first-order chi connectivity index (χ1) is 18.0. The van der Waals surface area contributed by atoms with Gasteiger partial charge in [-0.1, -0.05) is 23.7 Å². The zero-order valence-electron chi connectivity index (χ0n) is 20.7. The molecule has 0 aliphatic carbocycles. The first-order valence-corrected chi connectivity index (χ1v) is 13.3.